The summed E-state index contributed by atoms with van der Waals surface area (Å²) in [6, 6.07) is 6.57. The van der Waals surface area contributed by atoms with Gasteiger partial charge in [0.2, 0.25) is 10.0 Å². The highest BCUT2D eigenvalue weighted by Gasteiger charge is 2.19. The molecule has 0 saturated heterocycles. The summed E-state index contributed by atoms with van der Waals surface area (Å²) in [6.45, 7) is 3.78. The molecule has 3 N–H and O–H groups in total. The molecule has 1 heterocycles. The first-order chi connectivity index (χ1) is 11.1. The SMILES string of the molecule is CC(C)c1ncc(S(=O)(=O)Nc2ccccc2CNS(C)(=O)=O)[nH]1. The van der Waals surface area contributed by atoms with Crippen molar-refractivity contribution in [3.8, 4) is 0 Å². The fraction of sp³-hybridized carbons (Fsp3) is 0.357. The van der Waals surface area contributed by atoms with E-state index < -0.39 is 20.0 Å². The van der Waals surface area contributed by atoms with Gasteiger partial charge in [0.25, 0.3) is 10.0 Å². The van der Waals surface area contributed by atoms with Crippen LogP contribution in [0.15, 0.2) is 35.5 Å². The predicted molar refractivity (Wildman–Crippen MR) is 91.6 cm³/mol. The Hall–Kier alpha value is -1.91. The maximum atomic E-state index is 12.5. The quantitative estimate of drug-likeness (QED) is 0.678. The predicted octanol–water partition coefficient (Wildman–Crippen LogP) is 1.38. The third-order valence-electron chi connectivity index (χ3n) is 3.20. The van der Waals surface area contributed by atoms with Gasteiger partial charge < -0.3 is 4.98 Å². The normalized spacial score (nSPS) is 12.5. The molecule has 10 heteroatoms. The summed E-state index contributed by atoms with van der Waals surface area (Å²) in [5.41, 5.74) is 0.810. The molecule has 0 fully saturated rings. The van der Waals surface area contributed by atoms with Gasteiger partial charge in [-0.2, -0.15) is 8.42 Å². The van der Waals surface area contributed by atoms with Crippen LogP contribution in [0.1, 0.15) is 31.2 Å². The Balaban J connectivity index is 2.26. The van der Waals surface area contributed by atoms with Crippen LogP contribution in [0.3, 0.4) is 0 Å². The summed E-state index contributed by atoms with van der Waals surface area (Å²) < 4.78 is 52.2. The molecule has 0 amide bonds. The highest BCUT2D eigenvalue weighted by atomic mass is 32.2. The molecule has 0 aliphatic carbocycles. The van der Waals surface area contributed by atoms with E-state index in [1.807, 2.05) is 13.8 Å². The lowest BCUT2D eigenvalue weighted by atomic mass is 10.2. The molecule has 0 saturated carbocycles. The number of hydrogen-bond donors (Lipinski definition) is 3. The van der Waals surface area contributed by atoms with E-state index in [9.17, 15) is 16.8 Å². The first-order valence-electron chi connectivity index (χ1n) is 7.19. The molecule has 0 bridgehead atoms. The number of aromatic amines is 1. The van der Waals surface area contributed by atoms with Crippen molar-refractivity contribution in [1.82, 2.24) is 14.7 Å². The fourth-order valence-electron chi connectivity index (χ4n) is 1.93. The number of rotatable bonds is 7. The Kier molecular flexibility index (Phi) is 5.31. The summed E-state index contributed by atoms with van der Waals surface area (Å²) in [4.78, 5) is 6.82. The minimum Gasteiger partial charge on any atom is -0.331 e. The Morgan fingerprint density at radius 1 is 1.17 bits per heavy atom. The number of aromatic nitrogens is 2. The number of nitrogens with one attached hydrogen (secondary N) is 3. The van der Waals surface area contributed by atoms with Gasteiger partial charge >= 0.3 is 0 Å². The topological polar surface area (TPSA) is 121 Å². The van der Waals surface area contributed by atoms with Gasteiger partial charge in [-0.25, -0.2) is 18.1 Å². The molecule has 0 aliphatic heterocycles. The maximum absolute atomic E-state index is 12.5. The molecular weight excluding hydrogens is 352 g/mol. The second kappa shape index (κ2) is 6.91. The molecule has 1 aromatic heterocycles. The van der Waals surface area contributed by atoms with Crippen molar-refractivity contribution < 1.29 is 16.8 Å². The third kappa shape index (κ3) is 4.79. The zero-order chi connectivity index (χ0) is 18.0. The molecule has 0 unspecified atom stereocenters. The average molecular weight is 372 g/mol. The number of anilines is 1. The van der Waals surface area contributed by atoms with Crippen molar-refractivity contribution in [3.63, 3.8) is 0 Å². The number of H-pyrrole nitrogens is 1. The minimum atomic E-state index is -3.85. The number of hydrogen-bond acceptors (Lipinski definition) is 5. The van der Waals surface area contributed by atoms with E-state index in [0.29, 0.717) is 17.1 Å². The maximum Gasteiger partial charge on any atom is 0.278 e. The average Bonchev–Trinajstić information content (AvgIpc) is 2.96. The standard InChI is InChI=1S/C14H20N4O4S2/c1-10(2)14-15-9-13(17-14)24(21,22)18-12-7-5-4-6-11(12)8-16-23(3,19)20/h4-7,9-10,16,18H,8H2,1-3H3,(H,15,17). The van der Waals surface area contributed by atoms with Gasteiger partial charge in [0.1, 0.15) is 5.82 Å². The lowest BCUT2D eigenvalue weighted by molar-refractivity contribution is 0.587. The molecule has 24 heavy (non-hydrogen) atoms. The summed E-state index contributed by atoms with van der Waals surface area (Å²) in [7, 11) is -7.23. The van der Waals surface area contributed by atoms with E-state index in [2.05, 4.69) is 19.4 Å². The number of para-hydroxylation sites is 1. The smallest absolute Gasteiger partial charge is 0.278 e. The van der Waals surface area contributed by atoms with Gasteiger partial charge in [0.05, 0.1) is 18.1 Å². The highest BCUT2D eigenvalue weighted by molar-refractivity contribution is 7.92. The molecule has 0 atom stereocenters. The van der Waals surface area contributed by atoms with Crippen LogP contribution < -0.4 is 9.44 Å². The Bertz CT molecular complexity index is 918. The van der Waals surface area contributed by atoms with E-state index >= 15 is 0 Å². The lowest BCUT2D eigenvalue weighted by Crippen LogP contribution is -2.22. The van der Waals surface area contributed by atoms with Gasteiger partial charge in [-0.3, -0.25) is 4.72 Å². The van der Waals surface area contributed by atoms with Gasteiger partial charge in [-0.1, -0.05) is 32.0 Å². The fourth-order valence-corrected chi connectivity index (χ4v) is 3.38. The molecule has 2 rings (SSSR count). The molecule has 2 aromatic rings. The zero-order valence-corrected chi connectivity index (χ0v) is 15.2. The van der Waals surface area contributed by atoms with Crippen LogP contribution >= 0.6 is 0 Å². The van der Waals surface area contributed by atoms with Crippen molar-refractivity contribution in [3.05, 3.63) is 41.9 Å². The van der Waals surface area contributed by atoms with E-state index in [-0.39, 0.29) is 17.5 Å². The van der Waals surface area contributed by atoms with Crippen LogP contribution in [-0.4, -0.2) is 33.1 Å². The minimum absolute atomic E-state index is 0.0161. The lowest BCUT2D eigenvalue weighted by Gasteiger charge is -2.12. The van der Waals surface area contributed by atoms with Crippen molar-refractivity contribution >= 4 is 25.7 Å². The van der Waals surface area contributed by atoms with Crippen LogP contribution in [0, 0.1) is 0 Å². The second-order valence-electron chi connectivity index (χ2n) is 5.64. The summed E-state index contributed by atoms with van der Waals surface area (Å²) >= 11 is 0. The summed E-state index contributed by atoms with van der Waals surface area (Å²) in [5.74, 6) is 0.641. The van der Waals surface area contributed by atoms with Gasteiger partial charge in [-0.15, -0.1) is 0 Å². The number of imidazole rings is 1. The molecule has 1 aromatic carbocycles. The third-order valence-corrected chi connectivity index (χ3v) is 5.14. The largest absolute Gasteiger partial charge is 0.331 e. The summed E-state index contributed by atoms with van der Waals surface area (Å²) in [6.07, 6.45) is 2.30. The monoisotopic (exact) mass is 372 g/mol. The van der Waals surface area contributed by atoms with Crippen LogP contribution in [0.4, 0.5) is 5.69 Å². The van der Waals surface area contributed by atoms with Crippen molar-refractivity contribution in [2.45, 2.75) is 31.3 Å². The molecule has 0 spiro atoms. The molecule has 132 valence electrons. The van der Waals surface area contributed by atoms with Gasteiger partial charge in [0.15, 0.2) is 5.03 Å². The zero-order valence-electron chi connectivity index (χ0n) is 13.6. The Morgan fingerprint density at radius 3 is 2.42 bits per heavy atom. The number of sulfonamides is 2. The Morgan fingerprint density at radius 2 is 1.83 bits per heavy atom. The Labute approximate surface area is 141 Å². The molecule has 8 nitrogen and oxygen atoms in total. The van der Waals surface area contributed by atoms with E-state index in [4.69, 9.17) is 0 Å². The first-order valence-corrected chi connectivity index (χ1v) is 10.6. The van der Waals surface area contributed by atoms with Crippen molar-refractivity contribution in [2.75, 3.05) is 11.0 Å². The highest BCUT2D eigenvalue weighted by Crippen LogP contribution is 2.20. The van der Waals surface area contributed by atoms with Crippen LogP contribution in [0.2, 0.25) is 0 Å². The first kappa shape index (κ1) is 18.4. The van der Waals surface area contributed by atoms with Crippen LogP contribution in [0.25, 0.3) is 0 Å². The van der Waals surface area contributed by atoms with Gasteiger partial charge in [0, 0.05) is 12.5 Å². The van der Waals surface area contributed by atoms with E-state index in [1.165, 1.54) is 6.20 Å². The molecule has 0 radical (unpaired) electrons. The molecule has 0 aliphatic rings. The van der Waals surface area contributed by atoms with Crippen molar-refractivity contribution in [1.29, 1.82) is 0 Å². The van der Waals surface area contributed by atoms with Crippen LogP contribution in [-0.2, 0) is 26.6 Å². The number of benzene rings is 1. The number of nitrogens with zero attached hydrogens (tertiary/aromatic N) is 1. The van der Waals surface area contributed by atoms with Gasteiger partial charge in [-0.05, 0) is 11.6 Å². The second-order valence-corrected chi connectivity index (χ2v) is 9.13. The van der Waals surface area contributed by atoms with E-state index in [0.717, 1.165) is 6.26 Å². The van der Waals surface area contributed by atoms with Crippen molar-refractivity contribution in [2.24, 2.45) is 0 Å². The van der Waals surface area contributed by atoms with Crippen LogP contribution in [0.5, 0.6) is 0 Å². The molecular formula is C14H20N4O4S2. The van der Waals surface area contributed by atoms with E-state index in [1.54, 1.807) is 24.3 Å². The summed E-state index contributed by atoms with van der Waals surface area (Å²) in [5, 5.41) is -0.0444.